The summed E-state index contributed by atoms with van der Waals surface area (Å²) in [6, 6.07) is 0. The molecule has 0 aromatic heterocycles. The molecule has 1 unspecified atom stereocenters. The Hall–Kier alpha value is -2.55. The lowest BCUT2D eigenvalue weighted by atomic mass is 10.1. The molecule has 0 aromatic carbocycles. The van der Waals surface area contributed by atoms with Crippen molar-refractivity contribution in [1.82, 2.24) is 0 Å². The zero-order valence-corrected chi connectivity index (χ0v) is 37.0. The minimum absolute atomic E-state index is 0.0169. The van der Waals surface area contributed by atoms with Crippen LogP contribution >= 0.6 is 7.82 Å². The molecular weight excluding hydrogens is 725 g/mol. The maximum Gasteiger partial charge on any atom is 0.472 e. The monoisotopic (exact) mass is 807 g/mol. The molecule has 56 heavy (non-hydrogen) atoms. The van der Waals surface area contributed by atoms with Gasteiger partial charge in [-0.3, -0.25) is 18.6 Å². The van der Waals surface area contributed by atoms with E-state index in [-0.39, 0.29) is 26.1 Å². The van der Waals surface area contributed by atoms with Crippen LogP contribution in [0.25, 0.3) is 0 Å². The molecule has 0 fully saturated rings. The number of quaternary nitrogens is 1. The van der Waals surface area contributed by atoms with Crippen LogP contribution in [0.1, 0.15) is 155 Å². The van der Waals surface area contributed by atoms with Gasteiger partial charge in [0.15, 0.2) is 6.10 Å². The minimum Gasteiger partial charge on any atom is -0.462 e. The van der Waals surface area contributed by atoms with E-state index >= 15 is 0 Å². The van der Waals surface area contributed by atoms with Crippen molar-refractivity contribution in [2.45, 2.75) is 161 Å². The second-order valence-electron chi connectivity index (χ2n) is 15.3. The Morgan fingerprint density at radius 3 is 1.59 bits per heavy atom. The Kier molecular flexibility index (Phi) is 36.3. The fraction of sp³-hybridized carbons (Fsp3) is 0.696. The Morgan fingerprint density at radius 2 is 1.04 bits per heavy atom. The molecule has 0 radical (unpaired) electrons. The molecule has 0 amide bonds. The van der Waals surface area contributed by atoms with E-state index in [9.17, 15) is 19.0 Å². The Labute approximate surface area is 342 Å². The summed E-state index contributed by atoms with van der Waals surface area (Å²) >= 11 is 0. The van der Waals surface area contributed by atoms with E-state index in [2.05, 4.69) is 86.8 Å². The summed E-state index contributed by atoms with van der Waals surface area (Å²) in [7, 11) is 1.43. The standard InChI is InChI=1S/C46H80NO8P/c1-6-8-10-12-14-16-18-20-22-23-25-26-28-30-32-34-36-38-45(48)52-42-44(43-54-56(50,51)53-41-40-47(3,4)5)55-46(49)39-37-35-33-31-29-27-24-21-19-17-15-13-11-9-7-2/h8,10,14,16,20,22,25-27,29-30,32,44H,6-7,9,11-13,15,17-19,21,23-24,28,31,33-43H2,1-5H3/p+1/b10-8+,16-14+,22-20+,26-25+,29-27+,32-30+/t44-/m1/s1. The van der Waals surface area contributed by atoms with Crippen molar-refractivity contribution < 1.29 is 42.1 Å². The number of esters is 2. The van der Waals surface area contributed by atoms with Gasteiger partial charge in [-0.15, -0.1) is 0 Å². The maximum absolute atomic E-state index is 12.7. The highest BCUT2D eigenvalue weighted by atomic mass is 31.2. The molecule has 0 aliphatic carbocycles. The van der Waals surface area contributed by atoms with Crippen molar-refractivity contribution in [3.63, 3.8) is 0 Å². The number of likely N-dealkylation sites (N-methyl/N-ethyl adjacent to an activating group) is 1. The first-order valence-corrected chi connectivity index (χ1v) is 23.2. The lowest BCUT2D eigenvalue weighted by molar-refractivity contribution is -0.870. The maximum atomic E-state index is 12.7. The largest absolute Gasteiger partial charge is 0.472 e. The lowest BCUT2D eigenvalue weighted by Gasteiger charge is -2.24. The highest BCUT2D eigenvalue weighted by Crippen LogP contribution is 2.43. The van der Waals surface area contributed by atoms with Crippen LogP contribution in [0, 0.1) is 0 Å². The van der Waals surface area contributed by atoms with Crippen molar-refractivity contribution in [2.75, 3.05) is 47.5 Å². The number of carbonyl (C=O) groups excluding carboxylic acids is 2. The van der Waals surface area contributed by atoms with Gasteiger partial charge in [-0.05, 0) is 77.0 Å². The number of phosphoric acid groups is 1. The second kappa shape index (κ2) is 38.0. The number of rotatable bonds is 38. The van der Waals surface area contributed by atoms with Gasteiger partial charge in [0.1, 0.15) is 19.8 Å². The summed E-state index contributed by atoms with van der Waals surface area (Å²) in [5.41, 5.74) is 0. The van der Waals surface area contributed by atoms with Gasteiger partial charge < -0.3 is 18.9 Å². The number of nitrogens with zero attached hydrogens (tertiary/aromatic N) is 1. The summed E-state index contributed by atoms with van der Waals surface area (Å²) in [4.78, 5) is 35.3. The molecule has 0 aliphatic rings. The van der Waals surface area contributed by atoms with Crippen LogP contribution in [0.15, 0.2) is 72.9 Å². The van der Waals surface area contributed by atoms with Crippen molar-refractivity contribution in [3.8, 4) is 0 Å². The SMILES string of the molecule is CC/C=C/C/C=C/C/C=C/C/C=C/C/C=C/CCCC(=O)OC[C@H](COP(=O)(O)OCC[N+](C)(C)C)OC(=O)CCCCC/C=C/CCCCCCCCCC. The van der Waals surface area contributed by atoms with Crippen LogP contribution in [0.4, 0.5) is 0 Å². The molecule has 0 saturated carbocycles. The highest BCUT2D eigenvalue weighted by molar-refractivity contribution is 7.47. The first-order chi connectivity index (χ1) is 27.0. The number of allylic oxidation sites excluding steroid dienone is 12. The van der Waals surface area contributed by atoms with E-state index < -0.39 is 32.5 Å². The predicted octanol–water partition coefficient (Wildman–Crippen LogP) is 12.2. The van der Waals surface area contributed by atoms with Gasteiger partial charge in [-0.25, -0.2) is 4.57 Å². The Bertz CT molecular complexity index is 1180. The van der Waals surface area contributed by atoms with E-state index in [1.807, 2.05) is 21.1 Å². The van der Waals surface area contributed by atoms with E-state index in [4.69, 9.17) is 18.5 Å². The molecule has 0 heterocycles. The van der Waals surface area contributed by atoms with Crippen molar-refractivity contribution >= 4 is 19.8 Å². The molecule has 0 bridgehead atoms. The quantitative estimate of drug-likeness (QED) is 0.0216. The second-order valence-corrected chi connectivity index (χ2v) is 16.8. The fourth-order valence-electron chi connectivity index (χ4n) is 5.34. The number of hydrogen-bond donors (Lipinski definition) is 1. The predicted molar refractivity (Wildman–Crippen MR) is 233 cm³/mol. The molecular formula is C46H81NO8P+. The smallest absolute Gasteiger partial charge is 0.462 e. The third-order valence-electron chi connectivity index (χ3n) is 8.72. The third-order valence-corrected chi connectivity index (χ3v) is 9.70. The average molecular weight is 807 g/mol. The molecule has 0 aromatic rings. The molecule has 10 heteroatoms. The Morgan fingerprint density at radius 1 is 0.571 bits per heavy atom. The van der Waals surface area contributed by atoms with Gasteiger partial charge in [0.2, 0.25) is 0 Å². The first-order valence-electron chi connectivity index (χ1n) is 21.7. The van der Waals surface area contributed by atoms with Crippen LogP contribution in [0.2, 0.25) is 0 Å². The van der Waals surface area contributed by atoms with Crippen LogP contribution in [-0.4, -0.2) is 74.9 Å². The lowest BCUT2D eigenvalue weighted by Crippen LogP contribution is -2.37. The zero-order chi connectivity index (χ0) is 41.4. The van der Waals surface area contributed by atoms with E-state index in [0.29, 0.717) is 23.9 Å². The molecule has 0 rings (SSSR count). The number of hydrogen-bond acceptors (Lipinski definition) is 7. The normalized spacial score (nSPS) is 14.3. The minimum atomic E-state index is -4.39. The van der Waals surface area contributed by atoms with Gasteiger partial charge in [-0.2, -0.15) is 0 Å². The van der Waals surface area contributed by atoms with Crippen LogP contribution in [0.3, 0.4) is 0 Å². The van der Waals surface area contributed by atoms with Gasteiger partial charge in [0, 0.05) is 12.8 Å². The molecule has 0 aliphatic heterocycles. The number of carbonyl (C=O) groups is 2. The molecule has 322 valence electrons. The number of ether oxygens (including phenoxy) is 2. The topological polar surface area (TPSA) is 108 Å². The van der Waals surface area contributed by atoms with Crippen molar-refractivity contribution in [1.29, 1.82) is 0 Å². The average Bonchev–Trinajstić information content (AvgIpc) is 3.15. The van der Waals surface area contributed by atoms with E-state index in [1.165, 1.54) is 51.4 Å². The first kappa shape index (κ1) is 53.5. The summed E-state index contributed by atoms with van der Waals surface area (Å²) in [6.07, 6.45) is 46.7. The number of phosphoric ester groups is 1. The number of unbranched alkanes of at least 4 members (excludes halogenated alkanes) is 12. The van der Waals surface area contributed by atoms with Gasteiger partial charge in [0.05, 0.1) is 27.7 Å². The molecule has 2 atom stereocenters. The van der Waals surface area contributed by atoms with Crippen LogP contribution < -0.4 is 0 Å². The van der Waals surface area contributed by atoms with E-state index in [1.54, 1.807) is 0 Å². The van der Waals surface area contributed by atoms with Gasteiger partial charge in [0.25, 0.3) is 0 Å². The Balaban J connectivity index is 4.50. The summed E-state index contributed by atoms with van der Waals surface area (Å²) < 4.78 is 34.2. The summed E-state index contributed by atoms with van der Waals surface area (Å²) in [5.74, 6) is -0.891. The van der Waals surface area contributed by atoms with Gasteiger partial charge in [-0.1, -0.05) is 138 Å². The molecule has 0 spiro atoms. The zero-order valence-electron chi connectivity index (χ0n) is 36.1. The molecule has 0 saturated heterocycles. The summed E-state index contributed by atoms with van der Waals surface area (Å²) in [6.45, 7) is 4.20. The third kappa shape index (κ3) is 41.1. The van der Waals surface area contributed by atoms with E-state index in [0.717, 1.165) is 64.2 Å². The van der Waals surface area contributed by atoms with Crippen molar-refractivity contribution in [2.24, 2.45) is 0 Å². The highest BCUT2D eigenvalue weighted by Gasteiger charge is 2.27. The fourth-order valence-corrected chi connectivity index (χ4v) is 6.08. The van der Waals surface area contributed by atoms with Gasteiger partial charge >= 0.3 is 19.8 Å². The molecule has 9 nitrogen and oxygen atoms in total. The van der Waals surface area contributed by atoms with Crippen LogP contribution in [0.5, 0.6) is 0 Å². The summed E-state index contributed by atoms with van der Waals surface area (Å²) in [5, 5.41) is 0. The van der Waals surface area contributed by atoms with Crippen LogP contribution in [-0.2, 0) is 32.7 Å². The molecule has 1 N–H and O–H groups in total. The van der Waals surface area contributed by atoms with Crippen molar-refractivity contribution in [3.05, 3.63) is 72.9 Å².